The van der Waals surface area contributed by atoms with E-state index in [0.29, 0.717) is 23.3 Å². The number of carbonyl (C=O) groups excluding carboxylic acids is 2. The van der Waals surface area contributed by atoms with Gasteiger partial charge >= 0.3 is 0 Å². The standard InChI is InChI=1S/C30H34N2O3/c1-16-6-12-21-23(14-16)31-27-24(21)20-13-7-17(30(2,3)4)15-22(20)25-26(27)29(34)32(28(25)33)18-8-10-19(35-5)11-9-18/h6,8-12,14,17,20,22,25-26,31H,7,13,15H2,1-5H3/t17-,20+,22-,25+,26-/m0/s1. The fourth-order valence-corrected chi connectivity index (χ4v) is 7.16. The zero-order valence-electron chi connectivity index (χ0n) is 21.2. The highest BCUT2D eigenvalue weighted by molar-refractivity contribution is 6.24. The molecular formula is C30H34N2O3. The number of fused-ring (bicyclic) bond motifs is 8. The predicted octanol–water partition coefficient (Wildman–Crippen LogP) is 6.32. The molecule has 1 aliphatic heterocycles. The zero-order chi connectivity index (χ0) is 24.6. The summed E-state index contributed by atoms with van der Waals surface area (Å²) in [6.07, 6.45) is 3.21. The van der Waals surface area contributed by atoms with Crippen molar-refractivity contribution in [2.45, 2.75) is 58.8 Å². The van der Waals surface area contributed by atoms with Crippen LogP contribution in [-0.4, -0.2) is 23.9 Å². The quantitative estimate of drug-likeness (QED) is 0.446. The van der Waals surface area contributed by atoms with E-state index in [4.69, 9.17) is 4.74 Å². The average Bonchev–Trinajstić information content (AvgIpc) is 3.32. The molecule has 5 nitrogen and oxygen atoms in total. The number of amides is 2. The molecule has 1 aromatic heterocycles. The first-order valence-electron chi connectivity index (χ1n) is 12.8. The summed E-state index contributed by atoms with van der Waals surface area (Å²) < 4.78 is 5.29. The van der Waals surface area contributed by atoms with Crippen LogP contribution in [0.25, 0.3) is 10.9 Å². The number of aromatic nitrogens is 1. The molecule has 5 heteroatoms. The van der Waals surface area contributed by atoms with Crippen molar-refractivity contribution < 1.29 is 14.3 Å². The lowest BCUT2D eigenvalue weighted by Crippen LogP contribution is -2.41. The van der Waals surface area contributed by atoms with E-state index in [9.17, 15) is 9.59 Å². The molecule has 1 N–H and O–H groups in total. The second-order valence-electron chi connectivity index (χ2n) is 11.9. The number of hydrogen-bond donors (Lipinski definition) is 1. The summed E-state index contributed by atoms with van der Waals surface area (Å²) in [6, 6.07) is 13.8. The number of imide groups is 1. The summed E-state index contributed by atoms with van der Waals surface area (Å²) in [7, 11) is 1.61. The summed E-state index contributed by atoms with van der Waals surface area (Å²) in [5, 5.41) is 1.22. The van der Waals surface area contributed by atoms with Crippen LogP contribution in [0, 0.1) is 30.1 Å². The lowest BCUT2D eigenvalue weighted by Gasteiger charge is -2.47. The van der Waals surface area contributed by atoms with Crippen molar-refractivity contribution in [3.05, 3.63) is 59.3 Å². The second kappa shape index (κ2) is 7.71. The van der Waals surface area contributed by atoms with Crippen LogP contribution >= 0.6 is 0 Å². The Bertz CT molecular complexity index is 1330. The van der Waals surface area contributed by atoms with E-state index in [2.05, 4.69) is 50.9 Å². The number of ether oxygens (including phenoxy) is 1. The molecule has 3 aromatic rings. The number of anilines is 1. The van der Waals surface area contributed by atoms with Gasteiger partial charge < -0.3 is 9.72 Å². The van der Waals surface area contributed by atoms with E-state index >= 15 is 0 Å². The van der Waals surface area contributed by atoms with Crippen LogP contribution in [0.4, 0.5) is 5.69 Å². The lowest BCUT2D eigenvalue weighted by atomic mass is 9.56. The van der Waals surface area contributed by atoms with Crippen LogP contribution in [0.15, 0.2) is 42.5 Å². The molecule has 35 heavy (non-hydrogen) atoms. The minimum atomic E-state index is -0.452. The van der Waals surface area contributed by atoms with Crippen LogP contribution in [0.5, 0.6) is 5.75 Å². The molecular weight excluding hydrogens is 436 g/mol. The van der Waals surface area contributed by atoms with Crippen molar-refractivity contribution in [1.29, 1.82) is 0 Å². The molecule has 2 aromatic carbocycles. The first-order chi connectivity index (χ1) is 16.7. The zero-order valence-corrected chi connectivity index (χ0v) is 21.2. The molecule has 1 saturated carbocycles. The van der Waals surface area contributed by atoms with Crippen molar-refractivity contribution in [2.24, 2.45) is 23.2 Å². The minimum Gasteiger partial charge on any atom is -0.497 e. The highest BCUT2D eigenvalue weighted by Gasteiger charge is 2.59. The van der Waals surface area contributed by atoms with Gasteiger partial charge in [0.2, 0.25) is 11.8 Å². The van der Waals surface area contributed by atoms with Gasteiger partial charge in [0.1, 0.15) is 5.75 Å². The molecule has 0 radical (unpaired) electrons. The van der Waals surface area contributed by atoms with Gasteiger partial charge in [-0.3, -0.25) is 9.59 Å². The van der Waals surface area contributed by atoms with Gasteiger partial charge in [0.15, 0.2) is 0 Å². The maximum atomic E-state index is 14.1. The Hall–Kier alpha value is -3.08. The van der Waals surface area contributed by atoms with Gasteiger partial charge in [0.25, 0.3) is 0 Å². The number of carbonyl (C=O) groups is 2. The summed E-state index contributed by atoms with van der Waals surface area (Å²) in [5.74, 6) is 0.796. The Kier molecular flexibility index (Phi) is 4.93. The number of rotatable bonds is 2. The lowest BCUT2D eigenvalue weighted by molar-refractivity contribution is -0.123. The van der Waals surface area contributed by atoms with E-state index < -0.39 is 5.92 Å². The fourth-order valence-electron chi connectivity index (χ4n) is 7.16. The highest BCUT2D eigenvalue weighted by atomic mass is 16.5. The monoisotopic (exact) mass is 470 g/mol. The number of aromatic amines is 1. The predicted molar refractivity (Wildman–Crippen MR) is 138 cm³/mol. The van der Waals surface area contributed by atoms with Crippen LogP contribution in [0.2, 0.25) is 0 Å². The first-order valence-corrected chi connectivity index (χ1v) is 12.8. The molecule has 1 saturated heterocycles. The number of nitrogens with one attached hydrogen (secondary N) is 1. The third-order valence-corrected chi connectivity index (χ3v) is 8.97. The fraction of sp³-hybridized carbons (Fsp3) is 0.467. The number of benzene rings is 2. The Morgan fingerprint density at radius 3 is 2.43 bits per heavy atom. The van der Waals surface area contributed by atoms with Gasteiger partial charge in [0.05, 0.1) is 24.6 Å². The van der Waals surface area contributed by atoms with Gasteiger partial charge in [-0.05, 0) is 90.8 Å². The van der Waals surface area contributed by atoms with E-state index in [1.54, 1.807) is 7.11 Å². The number of methoxy groups -OCH3 is 1. The highest BCUT2D eigenvalue weighted by Crippen LogP contribution is 2.60. The molecule has 2 amide bonds. The molecule has 2 aliphatic carbocycles. The number of nitrogens with zero attached hydrogens (tertiary/aromatic N) is 1. The van der Waals surface area contributed by atoms with E-state index in [1.165, 1.54) is 21.4 Å². The molecule has 0 unspecified atom stereocenters. The Morgan fingerprint density at radius 2 is 1.74 bits per heavy atom. The normalized spacial score (nSPS) is 28.1. The van der Waals surface area contributed by atoms with Gasteiger partial charge in [-0.1, -0.05) is 32.9 Å². The van der Waals surface area contributed by atoms with Crippen molar-refractivity contribution in [1.82, 2.24) is 4.98 Å². The van der Waals surface area contributed by atoms with Crippen molar-refractivity contribution in [2.75, 3.05) is 12.0 Å². The van der Waals surface area contributed by atoms with Crippen LogP contribution in [-0.2, 0) is 9.59 Å². The Labute approximate surface area is 206 Å². The molecule has 0 spiro atoms. The number of hydrogen-bond acceptors (Lipinski definition) is 3. The third kappa shape index (κ3) is 3.27. The molecule has 5 atom stereocenters. The van der Waals surface area contributed by atoms with E-state index in [0.717, 1.165) is 30.5 Å². The second-order valence-corrected chi connectivity index (χ2v) is 11.9. The molecule has 0 bridgehead atoms. The Morgan fingerprint density at radius 1 is 1.00 bits per heavy atom. The van der Waals surface area contributed by atoms with Crippen molar-refractivity contribution >= 4 is 28.4 Å². The van der Waals surface area contributed by atoms with Crippen LogP contribution < -0.4 is 9.64 Å². The SMILES string of the molecule is COc1ccc(N2C(=O)[C@@H]3[C@H]4C[C@@H](C(C)(C)C)CC[C@H]4c4c([nH]c5cc(C)ccc45)[C@H]3C2=O)cc1. The van der Waals surface area contributed by atoms with Crippen molar-refractivity contribution in [3.8, 4) is 5.75 Å². The Balaban J connectivity index is 1.51. The maximum Gasteiger partial charge on any atom is 0.243 e. The average molecular weight is 471 g/mol. The number of H-pyrrole nitrogens is 1. The third-order valence-electron chi connectivity index (χ3n) is 8.97. The topological polar surface area (TPSA) is 62.4 Å². The largest absolute Gasteiger partial charge is 0.497 e. The number of aryl methyl sites for hydroxylation is 1. The molecule has 182 valence electrons. The van der Waals surface area contributed by atoms with Crippen LogP contribution in [0.3, 0.4) is 0 Å². The maximum absolute atomic E-state index is 14.1. The van der Waals surface area contributed by atoms with Gasteiger partial charge in [-0.2, -0.15) is 0 Å². The summed E-state index contributed by atoms with van der Waals surface area (Å²) in [5.41, 5.74) is 5.34. The minimum absolute atomic E-state index is 0.0461. The molecule has 6 rings (SSSR count). The summed E-state index contributed by atoms with van der Waals surface area (Å²) >= 11 is 0. The van der Waals surface area contributed by atoms with Gasteiger partial charge in [-0.15, -0.1) is 0 Å². The van der Waals surface area contributed by atoms with Crippen molar-refractivity contribution in [3.63, 3.8) is 0 Å². The van der Waals surface area contributed by atoms with Gasteiger partial charge in [0, 0.05) is 16.6 Å². The summed E-state index contributed by atoms with van der Waals surface area (Å²) in [4.78, 5) is 33.1. The summed E-state index contributed by atoms with van der Waals surface area (Å²) in [6.45, 7) is 9.02. The first kappa shape index (κ1) is 22.4. The molecule has 2 fully saturated rings. The molecule has 3 aliphatic rings. The van der Waals surface area contributed by atoms with E-state index in [-0.39, 0.29) is 29.1 Å². The molecule has 2 heterocycles. The van der Waals surface area contributed by atoms with Gasteiger partial charge in [-0.25, -0.2) is 4.90 Å². The van der Waals surface area contributed by atoms with Crippen LogP contribution in [0.1, 0.15) is 68.7 Å². The smallest absolute Gasteiger partial charge is 0.243 e. The van der Waals surface area contributed by atoms with E-state index in [1.807, 2.05) is 24.3 Å².